The first-order valence-corrected chi connectivity index (χ1v) is 32.0. The lowest BCUT2D eigenvalue weighted by Crippen LogP contribution is -2.54. The van der Waals surface area contributed by atoms with Crippen molar-refractivity contribution in [2.24, 2.45) is 0 Å². The summed E-state index contributed by atoms with van der Waals surface area (Å²) >= 11 is 0. The highest BCUT2D eigenvalue weighted by Gasteiger charge is 2.55. The van der Waals surface area contributed by atoms with Gasteiger partial charge in [-0.2, -0.15) is 0 Å². The normalized spacial score (nSPS) is 21.8. The predicted octanol–water partition coefficient (Wildman–Crippen LogP) is 10.4. The van der Waals surface area contributed by atoms with Gasteiger partial charge in [0.25, 0.3) is 0 Å². The van der Waals surface area contributed by atoms with Crippen LogP contribution in [0.25, 0.3) is 11.2 Å². The number of ether oxygens (including phenoxy) is 1. The van der Waals surface area contributed by atoms with Crippen molar-refractivity contribution in [2.75, 3.05) is 18.1 Å². The van der Waals surface area contributed by atoms with Crippen LogP contribution in [0.15, 0.2) is 30.6 Å². The van der Waals surface area contributed by atoms with E-state index in [2.05, 4.69) is 166 Å². The fraction of sp³-hybridized carbons (Fsp3) is 0.683. The summed E-state index contributed by atoms with van der Waals surface area (Å²) in [5.41, 5.74) is 7.48. The average molecular weight is 808 g/mol. The highest BCUT2D eigenvalue weighted by Crippen LogP contribution is 2.48. The summed E-state index contributed by atoms with van der Waals surface area (Å²) in [7, 11) is -8.68. The van der Waals surface area contributed by atoms with Gasteiger partial charge in [0.1, 0.15) is 32.7 Å². The van der Waals surface area contributed by atoms with E-state index in [0.717, 1.165) is 24.5 Å². The summed E-state index contributed by atoms with van der Waals surface area (Å²) in [4.78, 5) is 17.4. The van der Waals surface area contributed by atoms with Crippen molar-refractivity contribution in [3.63, 3.8) is 0 Å². The largest absolute Gasteiger partial charge is 0.414 e. The zero-order valence-corrected chi connectivity index (χ0v) is 40.7. The van der Waals surface area contributed by atoms with E-state index in [9.17, 15) is 0 Å². The lowest BCUT2D eigenvalue weighted by atomic mass is 10.1. The van der Waals surface area contributed by atoms with Gasteiger partial charge in [0.2, 0.25) is 0 Å². The van der Waals surface area contributed by atoms with Crippen molar-refractivity contribution >= 4 is 55.7 Å². The Labute approximate surface area is 330 Å². The van der Waals surface area contributed by atoms with Crippen LogP contribution in [0.1, 0.15) is 79.9 Å². The third-order valence-electron chi connectivity index (χ3n) is 12.6. The van der Waals surface area contributed by atoms with E-state index in [4.69, 9.17) is 33.0 Å². The Morgan fingerprint density at radius 3 is 1.93 bits per heavy atom. The van der Waals surface area contributed by atoms with Crippen molar-refractivity contribution in [2.45, 2.75) is 167 Å². The van der Waals surface area contributed by atoms with Gasteiger partial charge in [0.05, 0.1) is 6.61 Å². The summed E-state index contributed by atoms with van der Waals surface area (Å²) < 4.78 is 31.5. The standard InChI is InChI=1S/C41H69N5O4Si4/c1-39(2,3)52(13,14)47-27-31-34(49-53(15,16)40(4,5)6)35(50-54(17,18)41(7,8)9)38(48-31)46-32(24-26-51(10,11)12)44-33-36(42-28-43-37(33)46)45-25-23-29-21-19-20-22-30(29)45/h19-22,28,31,34-35,38H,23,25,27H2,1-18H3/t31-,34-,35-,38-/m1/s1. The second kappa shape index (κ2) is 14.7. The lowest BCUT2D eigenvalue weighted by Gasteiger charge is -2.44. The second-order valence-corrected chi connectivity index (χ2v) is 40.1. The summed E-state index contributed by atoms with van der Waals surface area (Å²) in [6, 6.07) is 8.55. The highest BCUT2D eigenvalue weighted by molar-refractivity contribution is 6.84. The van der Waals surface area contributed by atoms with Gasteiger partial charge in [0.15, 0.2) is 54.0 Å². The van der Waals surface area contributed by atoms with E-state index >= 15 is 0 Å². The van der Waals surface area contributed by atoms with Crippen LogP contribution in [-0.4, -0.2) is 84.0 Å². The lowest BCUT2D eigenvalue weighted by molar-refractivity contribution is -0.0473. The fourth-order valence-electron chi connectivity index (χ4n) is 6.08. The molecule has 0 N–H and O–H groups in total. The maximum Gasteiger partial charge on any atom is 0.192 e. The molecule has 0 bridgehead atoms. The van der Waals surface area contributed by atoms with Gasteiger partial charge in [-0.25, -0.2) is 15.0 Å². The molecule has 2 aliphatic heterocycles. The Kier molecular flexibility index (Phi) is 11.7. The minimum atomic E-state index is -2.39. The van der Waals surface area contributed by atoms with Gasteiger partial charge in [-0.05, 0) is 78.4 Å². The number of para-hydroxylation sites is 1. The number of fused-ring (bicyclic) bond motifs is 2. The molecule has 0 amide bonds. The van der Waals surface area contributed by atoms with Gasteiger partial charge in [-0.15, -0.1) is 5.54 Å². The van der Waals surface area contributed by atoms with Crippen molar-refractivity contribution in [3.05, 3.63) is 42.0 Å². The van der Waals surface area contributed by atoms with E-state index in [1.807, 2.05) is 0 Å². The molecule has 0 aliphatic carbocycles. The molecule has 0 radical (unpaired) electrons. The molecule has 13 heteroatoms. The van der Waals surface area contributed by atoms with Crippen LogP contribution in [0, 0.1) is 11.5 Å². The molecule has 0 unspecified atom stereocenters. The number of anilines is 2. The first-order valence-electron chi connectivity index (χ1n) is 19.8. The molecule has 4 atom stereocenters. The number of hydrogen-bond donors (Lipinski definition) is 0. The number of benzene rings is 1. The summed E-state index contributed by atoms with van der Waals surface area (Å²) in [6.45, 7) is 42.5. The maximum absolute atomic E-state index is 7.55. The van der Waals surface area contributed by atoms with Crippen molar-refractivity contribution in [3.8, 4) is 11.5 Å². The van der Waals surface area contributed by atoms with Gasteiger partial charge >= 0.3 is 0 Å². The number of nitrogens with zero attached hydrogens (tertiary/aromatic N) is 5. The molecule has 4 heterocycles. The van der Waals surface area contributed by atoms with Gasteiger partial charge in [0, 0.05) is 12.2 Å². The monoisotopic (exact) mass is 807 g/mol. The number of hydrogen-bond acceptors (Lipinski definition) is 8. The van der Waals surface area contributed by atoms with E-state index < -0.39 is 45.4 Å². The predicted molar refractivity (Wildman–Crippen MR) is 234 cm³/mol. The third-order valence-corrected chi connectivity index (χ3v) is 26.9. The van der Waals surface area contributed by atoms with Gasteiger partial charge in [-0.1, -0.05) is 100 Å². The quantitative estimate of drug-likeness (QED) is 0.156. The SMILES string of the molecule is CC(C)(C)[Si](C)(C)OC[C@H]1O[C@@H](n2c(C#C[Si](C)(C)C)nc3c(N4CCc5ccccc54)ncnc32)[C@H](O[Si](C)(C)C(C)(C)C)[C@@H]1O[Si](C)(C)C(C)(C)C. The molecule has 0 saturated carbocycles. The Bertz CT molecular complexity index is 1890. The highest BCUT2D eigenvalue weighted by atomic mass is 28.4. The zero-order valence-electron chi connectivity index (χ0n) is 36.7. The van der Waals surface area contributed by atoms with Gasteiger partial charge in [-0.3, -0.25) is 4.57 Å². The molecule has 54 heavy (non-hydrogen) atoms. The minimum absolute atomic E-state index is 0.0265. The van der Waals surface area contributed by atoms with Crippen molar-refractivity contribution in [1.29, 1.82) is 0 Å². The van der Waals surface area contributed by atoms with Crippen molar-refractivity contribution in [1.82, 2.24) is 19.5 Å². The van der Waals surface area contributed by atoms with E-state index in [-0.39, 0.29) is 27.3 Å². The molecule has 5 rings (SSSR count). The van der Waals surface area contributed by atoms with Crippen LogP contribution in [-0.2, 0) is 24.4 Å². The van der Waals surface area contributed by atoms with Gasteiger partial charge < -0.3 is 22.9 Å². The fourth-order valence-corrected chi connectivity index (χ4v) is 10.2. The number of imidazole rings is 1. The topological polar surface area (TPSA) is 83.8 Å². The first-order chi connectivity index (χ1) is 24.5. The molecule has 1 fully saturated rings. The van der Waals surface area contributed by atoms with E-state index in [0.29, 0.717) is 23.6 Å². The zero-order chi connectivity index (χ0) is 40.4. The number of rotatable bonds is 9. The Morgan fingerprint density at radius 1 is 0.778 bits per heavy atom. The minimum Gasteiger partial charge on any atom is -0.414 e. The molecule has 298 valence electrons. The Hall–Kier alpha value is -2.16. The van der Waals surface area contributed by atoms with Crippen LogP contribution in [0.4, 0.5) is 11.5 Å². The third kappa shape index (κ3) is 8.71. The van der Waals surface area contributed by atoms with E-state index in [1.165, 1.54) is 5.56 Å². The molecule has 3 aromatic rings. The summed E-state index contributed by atoms with van der Waals surface area (Å²) in [5, 5.41) is -0.0362. The van der Waals surface area contributed by atoms with Crippen LogP contribution >= 0.6 is 0 Å². The molecule has 1 aromatic carbocycles. The summed E-state index contributed by atoms with van der Waals surface area (Å²) in [5.74, 6) is 4.95. The average Bonchev–Trinajstić information content (AvgIpc) is 3.70. The Balaban J connectivity index is 1.75. The molecular weight excluding hydrogens is 739 g/mol. The molecule has 9 nitrogen and oxygen atoms in total. The van der Waals surface area contributed by atoms with Crippen LogP contribution < -0.4 is 4.90 Å². The van der Waals surface area contributed by atoms with Crippen LogP contribution in [0.3, 0.4) is 0 Å². The van der Waals surface area contributed by atoms with Crippen molar-refractivity contribution < 1.29 is 18.0 Å². The van der Waals surface area contributed by atoms with E-state index in [1.54, 1.807) is 6.33 Å². The number of aromatic nitrogens is 4. The smallest absolute Gasteiger partial charge is 0.192 e. The molecule has 0 spiro atoms. The molecule has 2 aliphatic rings. The molecular formula is C41H69N5O4Si4. The molecule has 1 saturated heterocycles. The van der Waals surface area contributed by atoms with Crippen LogP contribution in [0.2, 0.25) is 74.0 Å². The maximum atomic E-state index is 7.55. The summed E-state index contributed by atoms with van der Waals surface area (Å²) in [6.07, 6.45) is 0.788. The Morgan fingerprint density at radius 2 is 1.35 bits per heavy atom. The molecule has 2 aromatic heterocycles. The first kappa shape index (κ1) is 43.0. The second-order valence-electron chi connectivity index (χ2n) is 21.0. The van der Waals surface area contributed by atoms with Crippen LogP contribution in [0.5, 0.6) is 0 Å².